The van der Waals surface area contributed by atoms with E-state index in [0.717, 1.165) is 24.5 Å². The molecule has 0 saturated carbocycles. The number of benzene rings is 1. The minimum atomic E-state index is -0.929. The summed E-state index contributed by atoms with van der Waals surface area (Å²) in [4.78, 5) is 22.0. The van der Waals surface area contributed by atoms with Gasteiger partial charge in [-0.1, -0.05) is 6.92 Å². The van der Waals surface area contributed by atoms with Crippen LogP contribution in [0.5, 0.6) is 0 Å². The number of aromatic nitrogens is 2. The first-order valence-corrected chi connectivity index (χ1v) is 8.36. The Kier molecular flexibility index (Phi) is 4.93. The van der Waals surface area contributed by atoms with Crippen molar-refractivity contribution in [1.29, 1.82) is 0 Å². The lowest BCUT2D eigenvalue weighted by Gasteiger charge is -2.36. The molecule has 6 heteroatoms. The lowest BCUT2D eigenvalue weighted by Crippen LogP contribution is -2.39. The van der Waals surface area contributed by atoms with E-state index < -0.39 is 5.97 Å². The maximum absolute atomic E-state index is 10.9. The number of hydrogen-bond acceptors (Lipinski definition) is 5. The molecule has 1 fully saturated rings. The number of rotatable bonds is 5. The molecule has 0 radical (unpaired) electrons. The van der Waals surface area contributed by atoms with E-state index in [2.05, 4.69) is 27.1 Å². The van der Waals surface area contributed by atoms with Crippen molar-refractivity contribution in [2.24, 2.45) is 0 Å². The molecule has 3 rings (SSSR count). The zero-order valence-electron chi connectivity index (χ0n) is 13.8. The number of anilines is 3. The third kappa shape index (κ3) is 3.64. The first-order valence-electron chi connectivity index (χ1n) is 8.36. The fourth-order valence-corrected chi connectivity index (χ4v) is 3.14. The van der Waals surface area contributed by atoms with E-state index >= 15 is 0 Å². The zero-order chi connectivity index (χ0) is 16.9. The Hall–Kier alpha value is -2.63. The van der Waals surface area contributed by atoms with Crippen molar-refractivity contribution in [1.82, 2.24) is 9.97 Å². The molecule has 0 spiro atoms. The van der Waals surface area contributed by atoms with Crippen LogP contribution in [0.25, 0.3) is 0 Å². The fourth-order valence-electron chi connectivity index (χ4n) is 3.14. The second-order valence-corrected chi connectivity index (χ2v) is 6.02. The molecular weight excluding hydrogens is 304 g/mol. The van der Waals surface area contributed by atoms with E-state index in [9.17, 15) is 4.79 Å². The number of aromatic carboxylic acids is 1. The first-order chi connectivity index (χ1) is 11.7. The van der Waals surface area contributed by atoms with Crippen LogP contribution in [0.4, 0.5) is 17.3 Å². The number of piperidine rings is 1. The summed E-state index contributed by atoms with van der Waals surface area (Å²) in [5, 5.41) is 12.2. The van der Waals surface area contributed by atoms with E-state index in [0.29, 0.717) is 11.9 Å². The molecule has 1 unspecified atom stereocenters. The Morgan fingerprint density at radius 2 is 2.08 bits per heavy atom. The van der Waals surface area contributed by atoms with Gasteiger partial charge in [0.15, 0.2) is 0 Å². The van der Waals surface area contributed by atoms with E-state index in [1.807, 2.05) is 6.07 Å². The van der Waals surface area contributed by atoms with Crippen LogP contribution < -0.4 is 10.2 Å². The predicted octanol–water partition coefficient (Wildman–Crippen LogP) is 3.69. The van der Waals surface area contributed by atoms with Gasteiger partial charge in [0.2, 0.25) is 0 Å². The highest BCUT2D eigenvalue weighted by molar-refractivity contribution is 5.88. The van der Waals surface area contributed by atoms with Gasteiger partial charge in [-0.25, -0.2) is 14.8 Å². The lowest BCUT2D eigenvalue weighted by molar-refractivity contribution is 0.0697. The summed E-state index contributed by atoms with van der Waals surface area (Å²) in [6.45, 7) is 3.25. The molecule has 0 amide bonds. The average Bonchev–Trinajstić information content (AvgIpc) is 2.62. The fraction of sp³-hybridized carbons (Fsp3) is 0.389. The van der Waals surface area contributed by atoms with Gasteiger partial charge in [-0.2, -0.15) is 0 Å². The zero-order valence-corrected chi connectivity index (χ0v) is 13.8. The maximum Gasteiger partial charge on any atom is 0.335 e. The second kappa shape index (κ2) is 7.29. The van der Waals surface area contributed by atoms with Crippen LogP contribution in [0, 0.1) is 0 Å². The minimum Gasteiger partial charge on any atom is -0.478 e. The van der Waals surface area contributed by atoms with Crippen LogP contribution >= 0.6 is 0 Å². The first kappa shape index (κ1) is 16.2. The summed E-state index contributed by atoms with van der Waals surface area (Å²) in [6.07, 6.45) is 6.37. The molecule has 126 valence electrons. The van der Waals surface area contributed by atoms with Crippen molar-refractivity contribution in [3.8, 4) is 0 Å². The van der Waals surface area contributed by atoms with Gasteiger partial charge in [-0.15, -0.1) is 0 Å². The van der Waals surface area contributed by atoms with E-state index in [-0.39, 0.29) is 5.56 Å². The molecule has 1 aromatic heterocycles. The highest BCUT2D eigenvalue weighted by atomic mass is 16.4. The summed E-state index contributed by atoms with van der Waals surface area (Å²) in [6, 6.07) is 9.12. The van der Waals surface area contributed by atoms with E-state index in [4.69, 9.17) is 5.11 Å². The third-order valence-corrected chi connectivity index (χ3v) is 4.45. The molecular formula is C18H22N4O2. The summed E-state index contributed by atoms with van der Waals surface area (Å²) in [7, 11) is 0. The number of carbonyl (C=O) groups is 1. The monoisotopic (exact) mass is 326 g/mol. The largest absolute Gasteiger partial charge is 0.478 e. The van der Waals surface area contributed by atoms with Crippen molar-refractivity contribution in [2.75, 3.05) is 16.8 Å². The minimum absolute atomic E-state index is 0.267. The average molecular weight is 326 g/mol. The van der Waals surface area contributed by atoms with E-state index in [1.165, 1.54) is 19.3 Å². The van der Waals surface area contributed by atoms with Crippen LogP contribution in [0.15, 0.2) is 36.7 Å². The molecule has 1 aliphatic heterocycles. The Morgan fingerprint density at radius 1 is 1.29 bits per heavy atom. The molecule has 1 atom stereocenters. The number of hydrogen-bond donors (Lipinski definition) is 2. The Labute approximate surface area is 141 Å². The molecule has 0 aliphatic carbocycles. The van der Waals surface area contributed by atoms with Crippen LogP contribution in [0.3, 0.4) is 0 Å². The van der Waals surface area contributed by atoms with Gasteiger partial charge in [0.05, 0.1) is 5.56 Å². The summed E-state index contributed by atoms with van der Waals surface area (Å²) >= 11 is 0. The number of nitrogens with zero attached hydrogens (tertiary/aromatic N) is 3. The van der Waals surface area contributed by atoms with Crippen molar-refractivity contribution in [3.05, 3.63) is 42.2 Å². The van der Waals surface area contributed by atoms with Gasteiger partial charge < -0.3 is 15.3 Å². The van der Waals surface area contributed by atoms with Crippen LogP contribution in [0.2, 0.25) is 0 Å². The number of carboxylic acid groups (broad SMARTS) is 1. The Bertz CT molecular complexity index is 702. The van der Waals surface area contributed by atoms with Crippen molar-refractivity contribution < 1.29 is 9.90 Å². The highest BCUT2D eigenvalue weighted by Crippen LogP contribution is 2.26. The molecule has 1 aliphatic rings. The third-order valence-electron chi connectivity index (χ3n) is 4.45. The maximum atomic E-state index is 10.9. The number of carboxylic acids is 1. The normalized spacial score (nSPS) is 17.5. The van der Waals surface area contributed by atoms with Gasteiger partial charge in [0.1, 0.15) is 18.0 Å². The SMILES string of the molecule is CCC1CCCCN1c1cc(Nc2ccc(C(=O)O)cc2)ncn1. The molecule has 0 bridgehead atoms. The van der Waals surface area contributed by atoms with Gasteiger partial charge >= 0.3 is 5.97 Å². The topological polar surface area (TPSA) is 78.4 Å². The van der Waals surface area contributed by atoms with Gasteiger partial charge in [0.25, 0.3) is 0 Å². The lowest BCUT2D eigenvalue weighted by atomic mass is 10.0. The van der Waals surface area contributed by atoms with E-state index in [1.54, 1.807) is 30.6 Å². The standard InChI is InChI=1S/C18H22N4O2/c1-2-15-5-3-4-10-22(15)17-11-16(19-12-20-17)21-14-8-6-13(7-9-14)18(23)24/h6-9,11-12,15H,2-5,10H2,1H3,(H,23,24)(H,19,20,21). The van der Waals surface area contributed by atoms with Crippen LogP contribution in [-0.2, 0) is 0 Å². The molecule has 2 heterocycles. The molecule has 6 nitrogen and oxygen atoms in total. The summed E-state index contributed by atoms with van der Waals surface area (Å²) in [5.74, 6) is 0.728. The quantitative estimate of drug-likeness (QED) is 0.872. The smallest absolute Gasteiger partial charge is 0.335 e. The predicted molar refractivity (Wildman–Crippen MR) is 94.0 cm³/mol. The van der Waals surface area contributed by atoms with Crippen LogP contribution in [0.1, 0.15) is 43.0 Å². The van der Waals surface area contributed by atoms with Gasteiger partial charge in [0, 0.05) is 24.3 Å². The van der Waals surface area contributed by atoms with Gasteiger partial charge in [-0.05, 0) is 49.9 Å². The summed E-state index contributed by atoms with van der Waals surface area (Å²) < 4.78 is 0. The van der Waals surface area contributed by atoms with Crippen molar-refractivity contribution in [2.45, 2.75) is 38.6 Å². The molecule has 24 heavy (non-hydrogen) atoms. The molecule has 2 N–H and O–H groups in total. The highest BCUT2D eigenvalue weighted by Gasteiger charge is 2.22. The van der Waals surface area contributed by atoms with Crippen molar-refractivity contribution in [3.63, 3.8) is 0 Å². The molecule has 1 saturated heterocycles. The Balaban J connectivity index is 1.76. The van der Waals surface area contributed by atoms with Crippen LogP contribution in [-0.4, -0.2) is 33.6 Å². The summed E-state index contributed by atoms with van der Waals surface area (Å²) in [5.41, 5.74) is 1.07. The number of nitrogens with one attached hydrogen (secondary N) is 1. The second-order valence-electron chi connectivity index (χ2n) is 6.02. The van der Waals surface area contributed by atoms with Crippen molar-refractivity contribution >= 4 is 23.3 Å². The molecule has 2 aromatic rings. The molecule has 1 aromatic carbocycles. The Morgan fingerprint density at radius 3 is 2.79 bits per heavy atom. The van der Waals surface area contributed by atoms with Gasteiger partial charge in [-0.3, -0.25) is 0 Å².